The van der Waals surface area contributed by atoms with Gasteiger partial charge >= 0.3 is 0 Å². The summed E-state index contributed by atoms with van der Waals surface area (Å²) in [6.45, 7) is 1.01. The van der Waals surface area contributed by atoms with Gasteiger partial charge in [0.15, 0.2) is 0 Å². The zero-order valence-electron chi connectivity index (χ0n) is 12.2. The molecule has 0 aliphatic rings. The highest BCUT2D eigenvalue weighted by Gasteiger charge is 2.02. The quantitative estimate of drug-likeness (QED) is 0.747. The molecule has 0 spiro atoms. The standard InChI is InChI=1S/C15H18N2O4S/c1-22(18,19)17-12-13-7-8-15(16-11-13)21-10-9-20-14-5-3-2-4-6-14/h2-8,11,17H,9-10,12H2,1H3. The monoisotopic (exact) mass is 322 g/mol. The minimum absolute atomic E-state index is 0.212. The molecule has 2 aromatic rings. The Morgan fingerprint density at radius 1 is 1.05 bits per heavy atom. The zero-order chi connectivity index (χ0) is 15.8. The van der Waals surface area contributed by atoms with Gasteiger partial charge < -0.3 is 9.47 Å². The summed E-state index contributed by atoms with van der Waals surface area (Å²) in [6, 6.07) is 12.9. The Hall–Kier alpha value is -2.12. The van der Waals surface area contributed by atoms with E-state index in [9.17, 15) is 8.42 Å². The van der Waals surface area contributed by atoms with E-state index in [1.807, 2.05) is 30.3 Å². The van der Waals surface area contributed by atoms with Crippen LogP contribution < -0.4 is 14.2 Å². The van der Waals surface area contributed by atoms with Crippen molar-refractivity contribution in [3.8, 4) is 11.6 Å². The molecule has 0 fully saturated rings. The van der Waals surface area contributed by atoms with Crippen molar-refractivity contribution in [3.63, 3.8) is 0 Å². The second kappa shape index (κ2) is 7.77. The Morgan fingerprint density at radius 2 is 1.77 bits per heavy atom. The van der Waals surface area contributed by atoms with Crippen LogP contribution >= 0.6 is 0 Å². The van der Waals surface area contributed by atoms with Crippen molar-refractivity contribution in [2.75, 3.05) is 19.5 Å². The maximum atomic E-state index is 11.0. The summed E-state index contributed by atoms with van der Waals surface area (Å²) >= 11 is 0. The van der Waals surface area contributed by atoms with E-state index < -0.39 is 10.0 Å². The minimum Gasteiger partial charge on any atom is -0.490 e. The van der Waals surface area contributed by atoms with E-state index in [4.69, 9.17) is 9.47 Å². The smallest absolute Gasteiger partial charge is 0.213 e. The van der Waals surface area contributed by atoms with Crippen LogP contribution in [-0.2, 0) is 16.6 Å². The molecule has 0 radical (unpaired) electrons. The summed E-state index contributed by atoms with van der Waals surface area (Å²) in [7, 11) is -3.20. The van der Waals surface area contributed by atoms with Gasteiger partial charge in [-0.15, -0.1) is 0 Å². The molecule has 0 bridgehead atoms. The van der Waals surface area contributed by atoms with Crippen molar-refractivity contribution in [2.45, 2.75) is 6.54 Å². The molecule has 1 N–H and O–H groups in total. The molecule has 2 rings (SSSR count). The number of benzene rings is 1. The topological polar surface area (TPSA) is 77.5 Å². The molecule has 0 unspecified atom stereocenters. The van der Waals surface area contributed by atoms with Crippen LogP contribution in [0.4, 0.5) is 0 Å². The number of nitrogens with zero attached hydrogens (tertiary/aromatic N) is 1. The number of pyridine rings is 1. The van der Waals surface area contributed by atoms with E-state index in [-0.39, 0.29) is 6.54 Å². The highest BCUT2D eigenvalue weighted by Crippen LogP contribution is 2.09. The Balaban J connectivity index is 1.72. The van der Waals surface area contributed by atoms with Gasteiger partial charge in [-0.3, -0.25) is 0 Å². The van der Waals surface area contributed by atoms with Crippen LogP contribution in [0.3, 0.4) is 0 Å². The van der Waals surface area contributed by atoms with Gasteiger partial charge in [-0.05, 0) is 17.7 Å². The lowest BCUT2D eigenvalue weighted by atomic mass is 10.3. The fraction of sp³-hybridized carbons (Fsp3) is 0.267. The van der Waals surface area contributed by atoms with Gasteiger partial charge in [-0.2, -0.15) is 0 Å². The molecule has 0 aliphatic heterocycles. The second-order valence-corrected chi connectivity index (χ2v) is 6.44. The van der Waals surface area contributed by atoms with Gasteiger partial charge in [0.2, 0.25) is 15.9 Å². The molecular weight excluding hydrogens is 304 g/mol. The van der Waals surface area contributed by atoms with Crippen LogP contribution in [0.5, 0.6) is 11.6 Å². The van der Waals surface area contributed by atoms with Gasteiger partial charge in [0.25, 0.3) is 0 Å². The number of para-hydroxylation sites is 1. The summed E-state index contributed by atoms with van der Waals surface area (Å²) in [5, 5.41) is 0. The summed E-state index contributed by atoms with van der Waals surface area (Å²) in [5.41, 5.74) is 0.762. The molecule has 0 saturated carbocycles. The normalized spacial score (nSPS) is 11.1. The van der Waals surface area contributed by atoms with Crippen LogP contribution in [0.2, 0.25) is 0 Å². The van der Waals surface area contributed by atoms with Crippen LogP contribution in [-0.4, -0.2) is 32.9 Å². The largest absolute Gasteiger partial charge is 0.490 e. The Morgan fingerprint density at radius 3 is 2.41 bits per heavy atom. The third-order valence-corrected chi connectivity index (χ3v) is 3.35. The third-order valence-electron chi connectivity index (χ3n) is 2.68. The fourth-order valence-corrected chi connectivity index (χ4v) is 2.07. The van der Waals surface area contributed by atoms with E-state index >= 15 is 0 Å². The average molecular weight is 322 g/mol. The molecule has 1 aromatic carbocycles. The van der Waals surface area contributed by atoms with Gasteiger partial charge in [-0.25, -0.2) is 18.1 Å². The van der Waals surface area contributed by atoms with Crippen molar-refractivity contribution >= 4 is 10.0 Å². The first kappa shape index (κ1) is 16.3. The van der Waals surface area contributed by atoms with Crippen LogP contribution in [0.25, 0.3) is 0 Å². The molecule has 118 valence electrons. The zero-order valence-corrected chi connectivity index (χ0v) is 13.0. The fourth-order valence-electron chi connectivity index (χ4n) is 1.64. The lowest BCUT2D eigenvalue weighted by Gasteiger charge is -2.08. The molecule has 0 atom stereocenters. The van der Waals surface area contributed by atoms with Gasteiger partial charge in [0.1, 0.15) is 19.0 Å². The van der Waals surface area contributed by atoms with E-state index in [0.29, 0.717) is 19.1 Å². The first-order chi connectivity index (χ1) is 10.5. The summed E-state index contributed by atoms with van der Waals surface area (Å²) < 4.78 is 35.3. The number of hydrogen-bond donors (Lipinski definition) is 1. The predicted octanol–water partition coefficient (Wildman–Crippen LogP) is 1.59. The molecule has 0 amide bonds. The van der Waals surface area contributed by atoms with Crippen LogP contribution in [0.1, 0.15) is 5.56 Å². The number of rotatable bonds is 8. The molecular formula is C15H18N2O4S. The van der Waals surface area contributed by atoms with Crippen LogP contribution in [0, 0.1) is 0 Å². The van der Waals surface area contributed by atoms with E-state index in [2.05, 4.69) is 9.71 Å². The summed E-state index contributed by atoms with van der Waals surface area (Å²) in [6.07, 6.45) is 2.69. The SMILES string of the molecule is CS(=O)(=O)NCc1ccc(OCCOc2ccccc2)nc1. The van der Waals surface area contributed by atoms with E-state index in [1.54, 1.807) is 18.3 Å². The minimum atomic E-state index is -3.20. The van der Waals surface area contributed by atoms with Gasteiger partial charge in [-0.1, -0.05) is 24.3 Å². The predicted molar refractivity (Wildman–Crippen MR) is 83.4 cm³/mol. The molecule has 7 heteroatoms. The first-order valence-electron chi connectivity index (χ1n) is 6.73. The summed E-state index contributed by atoms with van der Waals surface area (Å²) in [4.78, 5) is 4.11. The second-order valence-electron chi connectivity index (χ2n) is 4.61. The number of hydrogen-bond acceptors (Lipinski definition) is 5. The Bertz CT molecular complexity index is 672. The van der Waals surface area contributed by atoms with Crippen molar-refractivity contribution in [1.29, 1.82) is 0 Å². The number of nitrogens with one attached hydrogen (secondary N) is 1. The number of sulfonamides is 1. The van der Waals surface area contributed by atoms with Gasteiger partial charge in [0.05, 0.1) is 6.26 Å². The maximum absolute atomic E-state index is 11.0. The van der Waals surface area contributed by atoms with Crippen LogP contribution in [0.15, 0.2) is 48.7 Å². The maximum Gasteiger partial charge on any atom is 0.213 e. The molecule has 1 aromatic heterocycles. The highest BCUT2D eigenvalue weighted by molar-refractivity contribution is 7.88. The van der Waals surface area contributed by atoms with Crippen molar-refractivity contribution < 1.29 is 17.9 Å². The molecule has 6 nitrogen and oxygen atoms in total. The Kier molecular flexibility index (Phi) is 5.74. The van der Waals surface area contributed by atoms with E-state index in [1.165, 1.54) is 0 Å². The molecule has 1 heterocycles. The lowest BCUT2D eigenvalue weighted by molar-refractivity contribution is 0.212. The molecule has 22 heavy (non-hydrogen) atoms. The first-order valence-corrected chi connectivity index (χ1v) is 8.62. The van der Waals surface area contributed by atoms with Crippen molar-refractivity contribution in [1.82, 2.24) is 9.71 Å². The highest BCUT2D eigenvalue weighted by atomic mass is 32.2. The van der Waals surface area contributed by atoms with Crippen molar-refractivity contribution in [3.05, 3.63) is 54.2 Å². The molecule has 0 saturated heterocycles. The van der Waals surface area contributed by atoms with E-state index in [0.717, 1.165) is 17.6 Å². The molecule has 0 aliphatic carbocycles. The number of ether oxygens (including phenoxy) is 2. The number of aromatic nitrogens is 1. The third kappa shape index (κ3) is 6.11. The summed E-state index contributed by atoms with van der Waals surface area (Å²) in [5.74, 6) is 1.26. The average Bonchev–Trinajstić information content (AvgIpc) is 2.51. The Labute approximate surface area is 130 Å². The lowest BCUT2D eigenvalue weighted by Crippen LogP contribution is -2.21. The van der Waals surface area contributed by atoms with Gasteiger partial charge in [0, 0.05) is 18.8 Å². The van der Waals surface area contributed by atoms with Crippen molar-refractivity contribution in [2.24, 2.45) is 0 Å².